The number of benzene rings is 2. The largest absolute Gasteiger partial charge is 0.332 e. The predicted molar refractivity (Wildman–Crippen MR) is 244 cm³/mol. The molecule has 1 fully saturated rings. The van der Waals surface area contributed by atoms with Gasteiger partial charge < -0.3 is 9.80 Å². The zero-order valence-electron chi connectivity index (χ0n) is 37.9. The Morgan fingerprint density at radius 1 is 0.873 bits per heavy atom. The Kier molecular flexibility index (Phi) is 11.3. The van der Waals surface area contributed by atoms with E-state index in [1.165, 1.54) is 67.3 Å². The van der Waals surface area contributed by atoms with Crippen LogP contribution in [0.3, 0.4) is 0 Å². The minimum absolute atomic E-state index is 0.0341. The van der Waals surface area contributed by atoms with Gasteiger partial charge in [-0.2, -0.15) is 0 Å². The van der Waals surface area contributed by atoms with Gasteiger partial charge in [-0.25, -0.2) is 0 Å². The number of hydrogen-bond donors (Lipinski definition) is 0. The van der Waals surface area contributed by atoms with Gasteiger partial charge >= 0.3 is 0 Å². The van der Waals surface area contributed by atoms with Crippen LogP contribution in [0.4, 0.5) is 17.1 Å². The number of anilines is 3. The van der Waals surface area contributed by atoms with Gasteiger partial charge in [-0.1, -0.05) is 128 Å². The monoisotopic (exact) mass is 739 g/mol. The first-order valence-corrected chi connectivity index (χ1v) is 20.9. The molecule has 55 heavy (non-hydrogen) atoms. The minimum atomic E-state index is -0.341. The van der Waals surface area contributed by atoms with Crippen LogP contribution in [0.25, 0.3) is 0 Å². The van der Waals surface area contributed by atoms with Crippen LogP contribution in [-0.4, -0.2) is 11.1 Å². The van der Waals surface area contributed by atoms with Gasteiger partial charge in [0.25, 0.3) is 0 Å². The number of nitrogens with zero attached hydrogens (tertiary/aromatic N) is 2. The lowest BCUT2D eigenvalue weighted by Crippen LogP contribution is -2.44. The van der Waals surface area contributed by atoms with Gasteiger partial charge in [-0.3, -0.25) is 0 Å². The van der Waals surface area contributed by atoms with Crippen LogP contribution in [0.15, 0.2) is 119 Å². The van der Waals surface area contributed by atoms with E-state index in [1.807, 2.05) is 6.08 Å². The summed E-state index contributed by atoms with van der Waals surface area (Å²) in [5.41, 5.74) is 17.2. The molecule has 0 N–H and O–H groups in total. The molecule has 2 nitrogen and oxygen atoms in total. The maximum Gasteiger partial charge on any atom is 0.0614 e. The summed E-state index contributed by atoms with van der Waals surface area (Å²) in [6, 6.07) is 14.4. The van der Waals surface area contributed by atoms with Crippen LogP contribution in [0.1, 0.15) is 140 Å². The van der Waals surface area contributed by atoms with Gasteiger partial charge in [0.05, 0.1) is 11.1 Å². The predicted octanol–water partition coefficient (Wildman–Crippen LogP) is 15.4. The Hall–Kier alpha value is -3.78. The molecule has 0 heterocycles. The van der Waals surface area contributed by atoms with E-state index in [9.17, 15) is 0 Å². The highest BCUT2D eigenvalue weighted by atomic mass is 15.2. The second-order valence-electron chi connectivity index (χ2n) is 20.7. The number of hydrogen-bond acceptors (Lipinski definition) is 2. The molecule has 4 unspecified atom stereocenters. The molecule has 4 aliphatic carbocycles. The summed E-state index contributed by atoms with van der Waals surface area (Å²) >= 11 is 0. The lowest BCUT2D eigenvalue weighted by atomic mass is 9.81. The van der Waals surface area contributed by atoms with Gasteiger partial charge in [0.15, 0.2) is 0 Å². The molecule has 6 rings (SSSR count). The van der Waals surface area contributed by atoms with E-state index < -0.39 is 0 Å². The van der Waals surface area contributed by atoms with E-state index in [0.717, 1.165) is 19.3 Å². The van der Waals surface area contributed by atoms with Crippen LogP contribution in [0.5, 0.6) is 0 Å². The molecule has 2 aromatic rings. The lowest BCUT2D eigenvalue weighted by Gasteiger charge is -2.44. The average molecular weight is 739 g/mol. The summed E-state index contributed by atoms with van der Waals surface area (Å²) in [6.45, 7) is 48.2. The van der Waals surface area contributed by atoms with Gasteiger partial charge in [-0.05, 0) is 149 Å². The second-order valence-corrected chi connectivity index (χ2v) is 20.7. The highest BCUT2D eigenvalue weighted by Gasteiger charge is 2.51. The Morgan fingerprint density at radius 2 is 1.44 bits per heavy atom. The Labute approximate surface area is 337 Å². The number of aryl methyl sites for hydroxylation is 2. The minimum Gasteiger partial charge on any atom is -0.332 e. The van der Waals surface area contributed by atoms with Gasteiger partial charge in [-0.15, -0.1) is 6.58 Å². The van der Waals surface area contributed by atoms with Crippen LogP contribution in [-0.2, 0) is 5.41 Å². The maximum absolute atomic E-state index is 4.32. The third-order valence-corrected chi connectivity index (χ3v) is 13.4. The third-order valence-electron chi connectivity index (χ3n) is 13.4. The van der Waals surface area contributed by atoms with Crippen molar-refractivity contribution < 1.29 is 0 Å². The summed E-state index contributed by atoms with van der Waals surface area (Å²) < 4.78 is 0. The standard InChI is InChI=1S/C53H74N2/c1-20-34(3)48(38(7)37(6)31-49(10,11)12)54(51(16,17)33-46-40(9)53(46,19)21-2)44-22-24-45(25-23-44)55(52(18)27-26-41-30-42(32-52)39(41)8)47-35(4)28-43(29-36(47)5)50(13,14)15/h20-25,28-30,32-33,39-40H,1-2,26-27,31H2,3-19H3/b38-37+,46-33+,48-34+. The first kappa shape index (κ1) is 42.4. The van der Waals surface area contributed by atoms with Crippen molar-refractivity contribution in [3.05, 3.63) is 136 Å². The summed E-state index contributed by atoms with van der Waals surface area (Å²) in [7, 11) is 0. The topological polar surface area (TPSA) is 6.48 Å². The molecule has 4 aliphatic rings. The molecule has 2 aromatic carbocycles. The van der Waals surface area contributed by atoms with Crippen molar-refractivity contribution in [1.82, 2.24) is 0 Å². The van der Waals surface area contributed by atoms with E-state index in [2.05, 4.69) is 201 Å². The summed E-state index contributed by atoms with van der Waals surface area (Å²) in [5, 5.41) is 0. The molecule has 0 saturated heterocycles. The fraction of sp³-hybridized carbons (Fsp3) is 0.509. The first-order chi connectivity index (χ1) is 25.3. The van der Waals surface area contributed by atoms with Crippen LogP contribution in [0.2, 0.25) is 0 Å². The molecule has 296 valence electrons. The Morgan fingerprint density at radius 3 is 1.91 bits per heavy atom. The zero-order valence-corrected chi connectivity index (χ0v) is 37.9. The van der Waals surface area contributed by atoms with E-state index in [1.54, 1.807) is 5.57 Å². The fourth-order valence-corrected chi connectivity index (χ4v) is 9.53. The van der Waals surface area contributed by atoms with Crippen LogP contribution < -0.4 is 9.80 Å². The smallest absolute Gasteiger partial charge is 0.0614 e. The molecule has 2 heteroatoms. The Balaban J connectivity index is 1.74. The van der Waals surface area contributed by atoms with Gasteiger partial charge in [0.2, 0.25) is 0 Å². The molecule has 0 radical (unpaired) electrons. The molecule has 0 aromatic heterocycles. The van der Waals surface area contributed by atoms with Crippen molar-refractivity contribution in [3.63, 3.8) is 0 Å². The van der Waals surface area contributed by atoms with Crippen molar-refractivity contribution in [2.24, 2.45) is 22.7 Å². The summed E-state index contributed by atoms with van der Waals surface area (Å²) in [6.07, 6.45) is 14.9. The van der Waals surface area contributed by atoms with Crippen LogP contribution >= 0.6 is 0 Å². The third kappa shape index (κ3) is 8.08. The van der Waals surface area contributed by atoms with Crippen molar-refractivity contribution in [2.75, 3.05) is 9.80 Å². The summed E-state index contributed by atoms with van der Waals surface area (Å²) in [5.74, 6) is 1.03. The fourth-order valence-electron chi connectivity index (χ4n) is 9.53. The van der Waals surface area contributed by atoms with Crippen molar-refractivity contribution in [2.45, 2.75) is 153 Å². The van der Waals surface area contributed by atoms with Gasteiger partial charge in [0, 0.05) is 34.1 Å². The van der Waals surface area contributed by atoms with Crippen molar-refractivity contribution in [3.8, 4) is 0 Å². The molecule has 4 atom stereocenters. The normalized spacial score (nSPS) is 25.5. The van der Waals surface area contributed by atoms with E-state index in [0.29, 0.717) is 11.8 Å². The lowest BCUT2D eigenvalue weighted by molar-refractivity contribution is 0.408. The molecule has 0 amide bonds. The second kappa shape index (κ2) is 14.6. The SMILES string of the molecule is C=C/C(C)=C(\C(C)=C(/C)CC(C)(C)C)N(c1ccc(N(c2c(C)cc(C(C)(C)C)cc2C)C2(C)C=C3C=C(CC2)C3C)cc1)C(C)(C)/C=C1\C(C)C1(C)C=C. The number of rotatable bonds is 11. The van der Waals surface area contributed by atoms with Crippen molar-refractivity contribution in [1.29, 1.82) is 0 Å². The van der Waals surface area contributed by atoms with E-state index in [-0.39, 0.29) is 27.3 Å². The molecule has 0 spiro atoms. The molecular weight excluding hydrogens is 665 g/mol. The van der Waals surface area contributed by atoms with Gasteiger partial charge in [0.1, 0.15) is 0 Å². The number of fused-ring (bicyclic) bond motifs is 3. The first-order valence-electron chi connectivity index (χ1n) is 20.9. The maximum atomic E-state index is 4.32. The van der Waals surface area contributed by atoms with Crippen molar-refractivity contribution >= 4 is 17.1 Å². The van der Waals surface area contributed by atoms with E-state index in [4.69, 9.17) is 0 Å². The molecule has 1 saturated carbocycles. The van der Waals surface area contributed by atoms with E-state index >= 15 is 0 Å². The zero-order chi connectivity index (χ0) is 41.2. The molecule has 0 aliphatic heterocycles. The quantitative estimate of drug-likeness (QED) is 0.167. The molecule has 2 bridgehead atoms. The summed E-state index contributed by atoms with van der Waals surface area (Å²) in [4.78, 5) is 5.26. The van der Waals surface area contributed by atoms with Crippen LogP contribution in [0, 0.1) is 36.5 Å². The molecular formula is C53H74N2. The number of allylic oxidation sites excluding steroid dienone is 9. The average Bonchev–Trinajstić information content (AvgIpc) is 3.70. The highest BCUT2D eigenvalue weighted by molar-refractivity contribution is 5.76. The Bertz CT molecular complexity index is 1980. The highest BCUT2D eigenvalue weighted by Crippen LogP contribution is 2.60.